The molecule has 0 N–H and O–H groups in total. The molecule has 1 aromatic heterocycles. The second-order valence-corrected chi connectivity index (χ2v) is 6.88. The summed E-state index contributed by atoms with van der Waals surface area (Å²) in [6.07, 6.45) is 0.513. The molecule has 0 fully saturated rings. The van der Waals surface area contributed by atoms with Gasteiger partial charge in [0.1, 0.15) is 11.5 Å². The van der Waals surface area contributed by atoms with Gasteiger partial charge >= 0.3 is 0 Å². The van der Waals surface area contributed by atoms with Gasteiger partial charge in [0, 0.05) is 5.56 Å². The van der Waals surface area contributed by atoms with Gasteiger partial charge in [0.25, 0.3) is 5.22 Å². The summed E-state index contributed by atoms with van der Waals surface area (Å²) in [6, 6.07) is 12.6. The minimum absolute atomic E-state index is 0.0838. The van der Waals surface area contributed by atoms with Gasteiger partial charge in [-0.05, 0) is 35.9 Å². The summed E-state index contributed by atoms with van der Waals surface area (Å²) in [5.41, 5.74) is 1.53. The summed E-state index contributed by atoms with van der Waals surface area (Å²) >= 11 is 7.25. The second kappa shape index (κ2) is 8.92. The molecule has 0 aliphatic carbocycles. The topological polar surface area (TPSA) is 74.5 Å². The molecule has 1 heterocycles. The number of ketones is 1. The fraction of sp³-hybridized carbons (Fsp3) is 0.211. The first-order chi connectivity index (χ1) is 13.1. The van der Waals surface area contributed by atoms with Crippen LogP contribution in [-0.4, -0.2) is 36.0 Å². The van der Waals surface area contributed by atoms with Crippen molar-refractivity contribution in [2.24, 2.45) is 0 Å². The molecule has 0 bridgehead atoms. The molecule has 0 spiro atoms. The molecule has 0 saturated carbocycles. The van der Waals surface area contributed by atoms with Gasteiger partial charge in [-0.3, -0.25) is 4.79 Å². The van der Waals surface area contributed by atoms with Crippen molar-refractivity contribution in [3.8, 4) is 11.5 Å². The number of hydrogen-bond acceptors (Lipinski definition) is 7. The Morgan fingerprint density at radius 2 is 1.89 bits per heavy atom. The fourth-order valence-electron chi connectivity index (χ4n) is 2.34. The largest absolute Gasteiger partial charge is 0.497 e. The number of ether oxygens (including phenoxy) is 2. The normalized spacial score (nSPS) is 10.6. The van der Waals surface area contributed by atoms with Crippen molar-refractivity contribution in [3.63, 3.8) is 0 Å². The molecular weight excluding hydrogens is 388 g/mol. The number of benzene rings is 2. The Morgan fingerprint density at radius 1 is 1.11 bits per heavy atom. The zero-order valence-electron chi connectivity index (χ0n) is 14.8. The van der Waals surface area contributed by atoms with Gasteiger partial charge in [-0.1, -0.05) is 35.5 Å². The van der Waals surface area contributed by atoms with Crippen LogP contribution in [0.5, 0.6) is 11.5 Å². The van der Waals surface area contributed by atoms with Crippen LogP contribution < -0.4 is 9.47 Å². The van der Waals surface area contributed by atoms with Gasteiger partial charge in [0.05, 0.1) is 31.4 Å². The Morgan fingerprint density at radius 3 is 2.56 bits per heavy atom. The van der Waals surface area contributed by atoms with Crippen LogP contribution in [-0.2, 0) is 6.42 Å². The number of carbonyl (C=O) groups is 1. The maximum absolute atomic E-state index is 12.3. The van der Waals surface area contributed by atoms with E-state index in [9.17, 15) is 4.79 Å². The van der Waals surface area contributed by atoms with Crippen LogP contribution in [0.4, 0.5) is 0 Å². The van der Waals surface area contributed by atoms with Crippen molar-refractivity contribution in [1.82, 2.24) is 10.2 Å². The third-order valence-corrected chi connectivity index (χ3v) is 4.88. The average Bonchev–Trinajstić information content (AvgIpc) is 3.14. The van der Waals surface area contributed by atoms with Gasteiger partial charge in [0.2, 0.25) is 5.89 Å². The van der Waals surface area contributed by atoms with Crippen molar-refractivity contribution in [1.29, 1.82) is 0 Å². The molecule has 27 heavy (non-hydrogen) atoms. The van der Waals surface area contributed by atoms with Crippen molar-refractivity contribution >= 4 is 29.1 Å². The standard InChI is InChI=1S/C19H17ClN2O4S/c1-24-14-6-3-12(4-7-14)9-18-21-22-19(26-18)27-11-16(23)13-5-8-17(25-2)15(20)10-13/h3-8,10H,9,11H2,1-2H3. The number of nitrogens with zero attached hydrogens (tertiary/aromatic N) is 2. The highest BCUT2D eigenvalue weighted by atomic mass is 35.5. The molecule has 0 aliphatic heterocycles. The summed E-state index contributed by atoms with van der Waals surface area (Å²) in [5.74, 6) is 1.90. The second-order valence-electron chi connectivity index (χ2n) is 5.55. The van der Waals surface area contributed by atoms with Crippen molar-refractivity contribution in [2.45, 2.75) is 11.6 Å². The molecule has 0 atom stereocenters. The lowest BCUT2D eigenvalue weighted by molar-refractivity contribution is 0.102. The SMILES string of the molecule is COc1ccc(Cc2nnc(SCC(=O)c3ccc(OC)c(Cl)c3)o2)cc1. The number of thioether (sulfide) groups is 1. The monoisotopic (exact) mass is 404 g/mol. The lowest BCUT2D eigenvalue weighted by atomic mass is 10.1. The minimum Gasteiger partial charge on any atom is -0.497 e. The minimum atomic E-state index is -0.0838. The van der Waals surface area contributed by atoms with Crippen LogP contribution in [0.3, 0.4) is 0 Å². The van der Waals surface area contributed by atoms with Crippen molar-refractivity contribution in [3.05, 3.63) is 64.5 Å². The van der Waals surface area contributed by atoms with Crippen LogP contribution in [0.15, 0.2) is 52.1 Å². The number of rotatable bonds is 8. The maximum atomic E-state index is 12.3. The highest BCUT2D eigenvalue weighted by Crippen LogP contribution is 2.26. The number of halogens is 1. The van der Waals surface area contributed by atoms with Gasteiger partial charge in [0.15, 0.2) is 5.78 Å². The van der Waals surface area contributed by atoms with Crippen LogP contribution in [0, 0.1) is 0 Å². The van der Waals surface area contributed by atoms with E-state index in [0.29, 0.717) is 33.9 Å². The van der Waals surface area contributed by atoms with Crippen molar-refractivity contribution in [2.75, 3.05) is 20.0 Å². The van der Waals surface area contributed by atoms with Crippen molar-refractivity contribution < 1.29 is 18.7 Å². The fourth-order valence-corrected chi connectivity index (χ4v) is 3.27. The van der Waals surface area contributed by atoms with E-state index in [1.807, 2.05) is 24.3 Å². The van der Waals surface area contributed by atoms with Crippen LogP contribution in [0.2, 0.25) is 5.02 Å². The van der Waals surface area contributed by atoms with E-state index in [1.54, 1.807) is 25.3 Å². The van der Waals surface area contributed by atoms with E-state index in [0.717, 1.165) is 11.3 Å². The highest BCUT2D eigenvalue weighted by molar-refractivity contribution is 7.99. The molecule has 2 aromatic carbocycles. The molecule has 3 aromatic rings. The molecule has 6 nitrogen and oxygen atoms in total. The lowest BCUT2D eigenvalue weighted by Crippen LogP contribution is -2.02. The quantitative estimate of drug-likeness (QED) is 0.409. The average molecular weight is 405 g/mol. The smallest absolute Gasteiger partial charge is 0.277 e. The van der Waals surface area contributed by atoms with E-state index in [-0.39, 0.29) is 11.5 Å². The molecule has 0 amide bonds. The first kappa shape index (κ1) is 19.3. The predicted octanol–water partition coefficient (Wildman–Crippen LogP) is 4.31. The summed E-state index contributed by atoms with van der Waals surface area (Å²) in [6.45, 7) is 0. The Kier molecular flexibility index (Phi) is 6.36. The number of methoxy groups -OCH3 is 2. The van der Waals surface area contributed by atoms with Gasteiger partial charge in [-0.15, -0.1) is 10.2 Å². The number of carbonyl (C=O) groups excluding carboxylic acids is 1. The molecule has 3 rings (SSSR count). The van der Waals surface area contributed by atoms with E-state index >= 15 is 0 Å². The summed E-state index contributed by atoms with van der Waals surface area (Å²) in [5, 5.41) is 8.75. The lowest BCUT2D eigenvalue weighted by Gasteiger charge is -2.04. The molecule has 0 aliphatic rings. The molecule has 140 valence electrons. The van der Waals surface area contributed by atoms with Gasteiger partial charge < -0.3 is 13.9 Å². The Bertz CT molecular complexity index is 928. The zero-order valence-corrected chi connectivity index (χ0v) is 16.3. The van der Waals surface area contributed by atoms with Crippen LogP contribution in [0.1, 0.15) is 21.8 Å². The van der Waals surface area contributed by atoms with E-state index in [2.05, 4.69) is 10.2 Å². The van der Waals surface area contributed by atoms with E-state index in [4.69, 9.17) is 25.5 Å². The Hall–Kier alpha value is -2.51. The molecule has 0 radical (unpaired) electrons. The number of hydrogen-bond donors (Lipinski definition) is 0. The van der Waals surface area contributed by atoms with Crippen LogP contribution in [0.25, 0.3) is 0 Å². The molecule has 0 saturated heterocycles. The maximum Gasteiger partial charge on any atom is 0.277 e. The Labute approximate surface area is 165 Å². The predicted molar refractivity (Wildman–Crippen MR) is 103 cm³/mol. The highest BCUT2D eigenvalue weighted by Gasteiger charge is 2.13. The van der Waals surface area contributed by atoms with E-state index < -0.39 is 0 Å². The summed E-state index contributed by atoms with van der Waals surface area (Å²) in [4.78, 5) is 12.3. The Balaban J connectivity index is 1.57. The molecular formula is C19H17ClN2O4S. The van der Waals surface area contributed by atoms with Crippen LogP contribution >= 0.6 is 23.4 Å². The van der Waals surface area contributed by atoms with E-state index in [1.165, 1.54) is 18.9 Å². The third kappa shape index (κ3) is 5.02. The first-order valence-corrected chi connectivity index (χ1v) is 9.40. The summed E-state index contributed by atoms with van der Waals surface area (Å²) < 4.78 is 15.8. The molecule has 0 unspecified atom stereocenters. The number of Topliss-reactive ketones (excluding diaryl/α,β-unsaturated/α-hetero) is 1. The van der Waals surface area contributed by atoms with Gasteiger partial charge in [-0.25, -0.2) is 0 Å². The third-order valence-electron chi connectivity index (χ3n) is 3.76. The number of aromatic nitrogens is 2. The zero-order chi connectivity index (χ0) is 19.2. The molecule has 8 heteroatoms. The van der Waals surface area contributed by atoms with Gasteiger partial charge in [-0.2, -0.15) is 0 Å². The summed E-state index contributed by atoms with van der Waals surface area (Å²) in [7, 11) is 3.15. The first-order valence-electron chi connectivity index (χ1n) is 8.04.